The summed E-state index contributed by atoms with van der Waals surface area (Å²) < 4.78 is 1.18. The molecular formula is C16H14NS2+. The smallest absolute Gasteiger partial charge is 0.213 e. The van der Waals surface area contributed by atoms with Crippen molar-refractivity contribution >= 4 is 40.9 Å². The summed E-state index contributed by atoms with van der Waals surface area (Å²) in [7, 11) is 0. The van der Waals surface area contributed by atoms with Gasteiger partial charge in [0.1, 0.15) is 12.7 Å². The van der Waals surface area contributed by atoms with Gasteiger partial charge in [-0.1, -0.05) is 55.1 Å². The molecular weight excluding hydrogens is 270 g/mol. The number of thiol groups is 1. The molecule has 0 fully saturated rings. The van der Waals surface area contributed by atoms with Gasteiger partial charge in [-0.25, -0.2) is 4.48 Å². The summed E-state index contributed by atoms with van der Waals surface area (Å²) in [5, 5.41) is 0. The summed E-state index contributed by atoms with van der Waals surface area (Å²) in [6, 6.07) is 18.7. The third-order valence-electron chi connectivity index (χ3n) is 3.49. The number of rotatable bonds is 2. The fourth-order valence-electron chi connectivity index (χ4n) is 2.52. The lowest BCUT2D eigenvalue weighted by Crippen LogP contribution is -2.43. The number of nitrogens with zero attached hydrogens (tertiary/aromatic N) is 1. The zero-order valence-electron chi connectivity index (χ0n) is 10.4. The van der Waals surface area contributed by atoms with E-state index in [2.05, 4.69) is 67.4 Å². The summed E-state index contributed by atoms with van der Waals surface area (Å²) in [6.45, 7) is 0.802. The number of fused-ring (bicyclic) bond motifs is 1. The molecule has 1 atom stereocenters. The second-order valence-electron chi connectivity index (χ2n) is 4.67. The van der Waals surface area contributed by atoms with Crippen LogP contribution in [0.25, 0.3) is 6.08 Å². The molecule has 0 saturated heterocycles. The van der Waals surface area contributed by atoms with Gasteiger partial charge in [0.15, 0.2) is 5.69 Å². The third-order valence-corrected chi connectivity index (χ3v) is 4.17. The molecule has 0 bridgehead atoms. The van der Waals surface area contributed by atoms with Gasteiger partial charge in [-0.2, -0.15) is 0 Å². The van der Waals surface area contributed by atoms with Crippen LogP contribution in [-0.4, -0.2) is 4.32 Å². The third kappa shape index (κ3) is 2.14. The van der Waals surface area contributed by atoms with Crippen molar-refractivity contribution < 1.29 is 0 Å². The van der Waals surface area contributed by atoms with Crippen molar-refractivity contribution in [2.75, 3.05) is 0 Å². The molecule has 0 saturated carbocycles. The van der Waals surface area contributed by atoms with Gasteiger partial charge in [0, 0.05) is 23.3 Å². The Bertz CT molecular complexity index is 649. The molecule has 1 unspecified atom stereocenters. The SMILES string of the molecule is S=C(S)[N+]1(Cc2ccccc2)C=Cc2ccccc21. The Morgan fingerprint density at radius 2 is 1.68 bits per heavy atom. The molecule has 0 amide bonds. The van der Waals surface area contributed by atoms with E-state index in [-0.39, 0.29) is 0 Å². The number of quaternary nitrogens is 1. The first-order chi connectivity index (χ1) is 9.22. The lowest BCUT2D eigenvalue weighted by Gasteiger charge is -2.30. The second-order valence-corrected chi connectivity index (χ2v) is 5.78. The number of hydrogen-bond acceptors (Lipinski definition) is 1. The lowest BCUT2D eigenvalue weighted by atomic mass is 10.1. The van der Waals surface area contributed by atoms with Gasteiger partial charge in [-0.05, 0) is 18.3 Å². The van der Waals surface area contributed by atoms with Gasteiger partial charge in [-0.3, -0.25) is 0 Å². The first kappa shape index (κ1) is 12.6. The van der Waals surface area contributed by atoms with Crippen LogP contribution < -0.4 is 4.48 Å². The first-order valence-electron chi connectivity index (χ1n) is 6.16. The molecule has 1 aliphatic heterocycles. The average Bonchev–Trinajstić information content (AvgIpc) is 2.81. The van der Waals surface area contributed by atoms with Gasteiger partial charge < -0.3 is 0 Å². The van der Waals surface area contributed by atoms with E-state index in [9.17, 15) is 0 Å². The van der Waals surface area contributed by atoms with E-state index in [0.717, 1.165) is 6.54 Å². The molecule has 3 rings (SSSR count). The molecule has 19 heavy (non-hydrogen) atoms. The molecule has 94 valence electrons. The highest BCUT2D eigenvalue weighted by molar-refractivity contribution is 8.11. The number of benzene rings is 2. The minimum absolute atomic E-state index is 0.513. The summed E-state index contributed by atoms with van der Waals surface area (Å²) in [5.41, 5.74) is 3.67. The number of thiocarbonyl (C=S) groups is 1. The second kappa shape index (κ2) is 4.93. The van der Waals surface area contributed by atoms with Crippen LogP contribution >= 0.6 is 24.8 Å². The molecule has 1 nitrogen and oxygen atoms in total. The Hall–Kier alpha value is -1.42. The van der Waals surface area contributed by atoms with E-state index in [1.165, 1.54) is 16.8 Å². The highest BCUT2D eigenvalue weighted by Crippen LogP contribution is 2.38. The summed E-state index contributed by atoms with van der Waals surface area (Å²) in [5.74, 6) is 0. The molecule has 1 aliphatic rings. The zero-order valence-corrected chi connectivity index (χ0v) is 12.1. The molecule has 0 aliphatic carbocycles. The van der Waals surface area contributed by atoms with Crippen LogP contribution in [0.5, 0.6) is 0 Å². The van der Waals surface area contributed by atoms with E-state index in [4.69, 9.17) is 12.2 Å². The van der Waals surface area contributed by atoms with Crippen LogP contribution in [0.3, 0.4) is 0 Å². The normalized spacial score (nSPS) is 20.3. The van der Waals surface area contributed by atoms with E-state index >= 15 is 0 Å². The van der Waals surface area contributed by atoms with Crippen molar-refractivity contribution in [2.45, 2.75) is 6.54 Å². The zero-order chi connectivity index (χ0) is 13.3. The molecule has 3 heteroatoms. The Morgan fingerprint density at radius 3 is 2.42 bits per heavy atom. The average molecular weight is 284 g/mol. The maximum atomic E-state index is 5.43. The molecule has 0 spiro atoms. The number of hydrogen-bond donors (Lipinski definition) is 1. The fraction of sp³-hybridized carbons (Fsp3) is 0.0625. The Kier molecular flexibility index (Phi) is 3.27. The first-order valence-corrected chi connectivity index (χ1v) is 7.02. The highest BCUT2D eigenvalue weighted by Gasteiger charge is 2.37. The summed E-state index contributed by atoms with van der Waals surface area (Å²) >= 11 is 9.91. The minimum Gasteiger partial charge on any atom is -0.213 e. The Labute approximate surface area is 124 Å². The monoisotopic (exact) mass is 284 g/mol. The van der Waals surface area contributed by atoms with Gasteiger partial charge >= 0.3 is 0 Å². The standard InChI is InChI=1S/C16H13NS2/c18-16(19)17(12-13-6-2-1-3-7-13)11-10-14-8-4-5-9-15(14)17/h1-11H,12H2/p+1. The van der Waals surface area contributed by atoms with Crippen LogP contribution in [0, 0.1) is 0 Å². The van der Waals surface area contributed by atoms with Crippen LogP contribution in [0.4, 0.5) is 5.69 Å². The van der Waals surface area contributed by atoms with Crippen molar-refractivity contribution in [1.82, 2.24) is 4.48 Å². The van der Waals surface area contributed by atoms with Crippen molar-refractivity contribution in [3.05, 3.63) is 71.9 Å². The lowest BCUT2D eigenvalue weighted by molar-refractivity contribution is 0.560. The van der Waals surface area contributed by atoms with Crippen molar-refractivity contribution in [3.63, 3.8) is 0 Å². The predicted molar refractivity (Wildman–Crippen MR) is 89.0 cm³/mol. The Balaban J connectivity index is 2.08. The molecule has 0 N–H and O–H groups in total. The van der Waals surface area contributed by atoms with E-state index in [1.807, 2.05) is 12.1 Å². The van der Waals surface area contributed by atoms with Crippen LogP contribution in [0.1, 0.15) is 11.1 Å². The van der Waals surface area contributed by atoms with E-state index in [0.29, 0.717) is 8.80 Å². The van der Waals surface area contributed by atoms with Gasteiger partial charge in [0.25, 0.3) is 0 Å². The fourth-order valence-corrected chi connectivity index (χ4v) is 2.99. The molecule has 2 aromatic carbocycles. The largest absolute Gasteiger partial charge is 0.240 e. The van der Waals surface area contributed by atoms with Crippen molar-refractivity contribution in [3.8, 4) is 0 Å². The van der Waals surface area contributed by atoms with Gasteiger partial charge in [0.05, 0.1) is 0 Å². The summed E-state index contributed by atoms with van der Waals surface area (Å²) in [4.78, 5) is 0. The van der Waals surface area contributed by atoms with Crippen molar-refractivity contribution in [1.29, 1.82) is 0 Å². The maximum Gasteiger partial charge on any atom is 0.240 e. The van der Waals surface area contributed by atoms with E-state index < -0.39 is 0 Å². The van der Waals surface area contributed by atoms with Gasteiger partial charge in [0.2, 0.25) is 4.32 Å². The molecule has 2 aromatic rings. The quantitative estimate of drug-likeness (QED) is 0.485. The molecule has 0 aromatic heterocycles. The van der Waals surface area contributed by atoms with Crippen molar-refractivity contribution in [2.24, 2.45) is 0 Å². The number of para-hydroxylation sites is 1. The Morgan fingerprint density at radius 1 is 1.00 bits per heavy atom. The maximum absolute atomic E-state index is 5.43. The summed E-state index contributed by atoms with van der Waals surface area (Å²) in [6.07, 6.45) is 4.26. The van der Waals surface area contributed by atoms with Crippen LogP contribution in [0.15, 0.2) is 60.8 Å². The highest BCUT2D eigenvalue weighted by atomic mass is 32.1. The van der Waals surface area contributed by atoms with Crippen LogP contribution in [-0.2, 0) is 6.54 Å². The van der Waals surface area contributed by atoms with Gasteiger partial charge in [-0.15, -0.1) is 0 Å². The van der Waals surface area contributed by atoms with Crippen LogP contribution in [0.2, 0.25) is 0 Å². The topological polar surface area (TPSA) is 0 Å². The predicted octanol–water partition coefficient (Wildman–Crippen LogP) is 4.39. The molecule has 0 radical (unpaired) electrons. The minimum atomic E-state index is 0.513. The van der Waals surface area contributed by atoms with E-state index in [1.54, 1.807) is 0 Å². The molecule has 1 heterocycles.